The van der Waals surface area contributed by atoms with Gasteiger partial charge in [0.1, 0.15) is 17.6 Å². The smallest absolute Gasteiger partial charge is 0.191 e. The molecule has 1 saturated heterocycles. The molecule has 0 aliphatic carbocycles. The largest absolute Gasteiger partial charge is 0.497 e. The van der Waals surface area contributed by atoms with Crippen LogP contribution in [0.2, 0.25) is 0 Å². The summed E-state index contributed by atoms with van der Waals surface area (Å²) >= 11 is 0. The Morgan fingerprint density at radius 1 is 1.07 bits per heavy atom. The Bertz CT molecular complexity index is 756. The molecule has 2 N–H and O–H groups in total. The van der Waals surface area contributed by atoms with E-state index in [9.17, 15) is 0 Å². The van der Waals surface area contributed by atoms with Gasteiger partial charge in [0.05, 0.1) is 13.7 Å². The minimum Gasteiger partial charge on any atom is -0.497 e. The number of ether oxygens (including phenoxy) is 2. The predicted octanol–water partition coefficient (Wildman–Crippen LogP) is 3.30. The molecule has 1 aliphatic heterocycles. The Balaban J connectivity index is 1.40. The molecule has 1 unspecified atom stereocenters. The van der Waals surface area contributed by atoms with Crippen molar-refractivity contribution >= 4 is 11.6 Å². The summed E-state index contributed by atoms with van der Waals surface area (Å²) in [5, 5.41) is 6.93. The first-order chi connectivity index (χ1) is 14.2. The molecule has 1 fully saturated rings. The Labute approximate surface area is 173 Å². The second-order valence-electron chi connectivity index (χ2n) is 7.30. The fourth-order valence-electron chi connectivity index (χ4n) is 3.48. The summed E-state index contributed by atoms with van der Waals surface area (Å²) in [7, 11) is 3.47. The normalized spacial score (nSPS) is 16.2. The third-order valence-corrected chi connectivity index (χ3v) is 5.13. The van der Waals surface area contributed by atoms with Gasteiger partial charge in [0.2, 0.25) is 0 Å². The quantitative estimate of drug-likeness (QED) is 0.556. The van der Waals surface area contributed by atoms with Crippen LogP contribution in [-0.4, -0.2) is 51.9 Å². The number of benzene rings is 2. The van der Waals surface area contributed by atoms with Gasteiger partial charge in [0.15, 0.2) is 5.96 Å². The highest BCUT2D eigenvalue weighted by Gasteiger charge is 2.20. The molecule has 0 bridgehead atoms. The van der Waals surface area contributed by atoms with E-state index in [1.165, 1.54) is 5.69 Å². The van der Waals surface area contributed by atoms with E-state index in [0.29, 0.717) is 12.6 Å². The van der Waals surface area contributed by atoms with Crippen LogP contribution in [0.15, 0.2) is 59.6 Å². The van der Waals surface area contributed by atoms with E-state index < -0.39 is 0 Å². The molecule has 0 radical (unpaired) electrons. The highest BCUT2D eigenvalue weighted by Crippen LogP contribution is 2.20. The number of nitrogens with zero attached hydrogens (tertiary/aromatic N) is 2. The molecule has 0 saturated carbocycles. The van der Waals surface area contributed by atoms with Gasteiger partial charge in [-0.2, -0.15) is 0 Å². The average molecular weight is 397 g/mol. The second kappa shape index (κ2) is 10.6. The number of guanidine groups is 1. The first kappa shape index (κ1) is 20.8. The number of nitrogens with one attached hydrogen (secondary N) is 2. The van der Waals surface area contributed by atoms with Crippen molar-refractivity contribution in [2.75, 3.05) is 38.7 Å². The Morgan fingerprint density at radius 2 is 1.72 bits per heavy atom. The van der Waals surface area contributed by atoms with Crippen LogP contribution in [0.4, 0.5) is 5.69 Å². The molecule has 1 heterocycles. The van der Waals surface area contributed by atoms with Crippen molar-refractivity contribution in [1.29, 1.82) is 0 Å². The van der Waals surface area contributed by atoms with Gasteiger partial charge >= 0.3 is 0 Å². The maximum Gasteiger partial charge on any atom is 0.191 e. The number of para-hydroxylation sites is 1. The zero-order valence-electron chi connectivity index (χ0n) is 17.6. The highest BCUT2D eigenvalue weighted by atomic mass is 16.5. The molecule has 6 heteroatoms. The lowest BCUT2D eigenvalue weighted by Crippen LogP contribution is -2.50. The van der Waals surface area contributed by atoms with Crippen LogP contribution in [0.3, 0.4) is 0 Å². The topological polar surface area (TPSA) is 58.1 Å². The molecule has 2 aromatic rings. The van der Waals surface area contributed by atoms with Gasteiger partial charge in [0.25, 0.3) is 0 Å². The van der Waals surface area contributed by atoms with Gasteiger partial charge in [-0.1, -0.05) is 18.2 Å². The van der Waals surface area contributed by atoms with E-state index in [0.717, 1.165) is 43.4 Å². The summed E-state index contributed by atoms with van der Waals surface area (Å²) in [5.41, 5.74) is 1.30. The van der Waals surface area contributed by atoms with Crippen molar-refractivity contribution < 1.29 is 9.47 Å². The molecule has 6 nitrogen and oxygen atoms in total. The van der Waals surface area contributed by atoms with Gasteiger partial charge in [-0.25, -0.2) is 0 Å². The first-order valence-corrected chi connectivity index (χ1v) is 10.3. The van der Waals surface area contributed by atoms with Gasteiger partial charge < -0.3 is 25.0 Å². The lowest BCUT2D eigenvalue weighted by molar-refractivity contribution is 0.223. The van der Waals surface area contributed by atoms with Gasteiger partial charge in [0, 0.05) is 31.9 Å². The summed E-state index contributed by atoms with van der Waals surface area (Å²) in [6.45, 7) is 4.82. The number of hydrogen-bond acceptors (Lipinski definition) is 4. The van der Waals surface area contributed by atoms with E-state index in [-0.39, 0.29) is 6.10 Å². The predicted molar refractivity (Wildman–Crippen MR) is 119 cm³/mol. The minimum atomic E-state index is 0.0156. The average Bonchev–Trinajstić information content (AvgIpc) is 2.78. The molecule has 29 heavy (non-hydrogen) atoms. The van der Waals surface area contributed by atoms with E-state index >= 15 is 0 Å². The zero-order chi connectivity index (χ0) is 20.5. The molecule has 3 rings (SSSR count). The number of methoxy groups -OCH3 is 1. The summed E-state index contributed by atoms with van der Waals surface area (Å²) in [6, 6.07) is 18.7. The van der Waals surface area contributed by atoms with Crippen LogP contribution < -0.4 is 25.0 Å². The van der Waals surface area contributed by atoms with Gasteiger partial charge in [-0.15, -0.1) is 0 Å². The fraction of sp³-hybridized carbons (Fsp3) is 0.435. The molecular weight excluding hydrogens is 364 g/mol. The summed E-state index contributed by atoms with van der Waals surface area (Å²) < 4.78 is 11.1. The number of aliphatic imine (C=N–C) groups is 1. The second-order valence-corrected chi connectivity index (χ2v) is 7.30. The third-order valence-electron chi connectivity index (χ3n) is 5.13. The first-order valence-electron chi connectivity index (χ1n) is 10.3. The molecule has 156 valence electrons. The van der Waals surface area contributed by atoms with E-state index in [1.807, 2.05) is 38.2 Å². The number of rotatable bonds is 7. The summed E-state index contributed by atoms with van der Waals surface area (Å²) in [6.07, 6.45) is 2.20. The molecule has 0 amide bonds. The Hall–Kier alpha value is -2.89. The number of anilines is 1. The maximum absolute atomic E-state index is 5.95. The standard InChI is InChI=1S/C23H32N4O2/c1-18(29-22-11-9-21(28-3)10-12-22)17-25-23(24-2)26-19-13-15-27(16-14-19)20-7-5-4-6-8-20/h4-12,18-19H,13-17H2,1-3H3,(H2,24,25,26). The molecule has 1 aliphatic rings. The molecule has 2 aromatic carbocycles. The van der Waals surface area contributed by atoms with Crippen LogP contribution in [0.25, 0.3) is 0 Å². The lowest BCUT2D eigenvalue weighted by atomic mass is 10.0. The zero-order valence-corrected chi connectivity index (χ0v) is 17.6. The summed E-state index contributed by atoms with van der Waals surface area (Å²) in [5.74, 6) is 2.48. The Morgan fingerprint density at radius 3 is 2.34 bits per heavy atom. The van der Waals surface area contributed by atoms with Crippen LogP contribution in [0.5, 0.6) is 11.5 Å². The van der Waals surface area contributed by atoms with Crippen molar-refractivity contribution in [2.45, 2.75) is 31.9 Å². The van der Waals surface area contributed by atoms with Crippen molar-refractivity contribution in [3.8, 4) is 11.5 Å². The van der Waals surface area contributed by atoms with Crippen molar-refractivity contribution in [2.24, 2.45) is 4.99 Å². The Kier molecular flexibility index (Phi) is 7.61. The van der Waals surface area contributed by atoms with Crippen molar-refractivity contribution in [3.63, 3.8) is 0 Å². The number of hydrogen-bond donors (Lipinski definition) is 2. The molecule has 1 atom stereocenters. The van der Waals surface area contributed by atoms with Crippen LogP contribution >= 0.6 is 0 Å². The van der Waals surface area contributed by atoms with E-state index in [2.05, 4.69) is 50.9 Å². The monoisotopic (exact) mass is 396 g/mol. The van der Waals surface area contributed by atoms with Crippen molar-refractivity contribution in [3.05, 3.63) is 54.6 Å². The minimum absolute atomic E-state index is 0.0156. The van der Waals surface area contributed by atoms with E-state index in [4.69, 9.17) is 9.47 Å². The molecule has 0 aromatic heterocycles. The van der Waals surface area contributed by atoms with Crippen molar-refractivity contribution in [1.82, 2.24) is 10.6 Å². The van der Waals surface area contributed by atoms with Gasteiger partial charge in [-0.05, 0) is 56.2 Å². The molecular formula is C23H32N4O2. The SMILES string of the molecule is CN=C(NCC(C)Oc1ccc(OC)cc1)NC1CCN(c2ccccc2)CC1. The van der Waals surface area contributed by atoms with E-state index in [1.54, 1.807) is 7.11 Å². The highest BCUT2D eigenvalue weighted by molar-refractivity contribution is 5.80. The fourth-order valence-corrected chi connectivity index (χ4v) is 3.48. The molecule has 0 spiro atoms. The third kappa shape index (κ3) is 6.31. The lowest BCUT2D eigenvalue weighted by Gasteiger charge is -2.34. The van der Waals surface area contributed by atoms with Crippen LogP contribution in [-0.2, 0) is 0 Å². The van der Waals surface area contributed by atoms with Gasteiger partial charge in [-0.3, -0.25) is 4.99 Å². The van der Waals surface area contributed by atoms with Crippen LogP contribution in [0.1, 0.15) is 19.8 Å². The van der Waals surface area contributed by atoms with Crippen LogP contribution in [0, 0.1) is 0 Å². The number of piperidine rings is 1. The maximum atomic E-state index is 5.95. The summed E-state index contributed by atoms with van der Waals surface area (Å²) in [4.78, 5) is 6.81.